The number of hydrogen-bond donors (Lipinski definition) is 4. The van der Waals surface area contributed by atoms with E-state index in [-0.39, 0.29) is 43.0 Å². The quantitative estimate of drug-likeness (QED) is 0.196. The van der Waals surface area contributed by atoms with Crippen molar-refractivity contribution in [2.45, 2.75) is 103 Å². The van der Waals surface area contributed by atoms with Crippen LogP contribution in [-0.4, -0.2) is 121 Å². The Balaban J connectivity index is 1.42. The maximum atomic E-state index is 14.3. The highest BCUT2D eigenvalue weighted by Gasteiger charge is 2.50. The Kier molecular flexibility index (Phi) is 15.1. The lowest BCUT2D eigenvalue weighted by molar-refractivity contribution is -0.182. The van der Waals surface area contributed by atoms with Crippen molar-refractivity contribution < 1.29 is 29.4 Å². The second-order valence-electron chi connectivity index (χ2n) is 17.0. The summed E-state index contributed by atoms with van der Waals surface area (Å²) in [5.74, 6) is 0.845. The summed E-state index contributed by atoms with van der Waals surface area (Å²) < 4.78 is 6.14. The Labute approximate surface area is 334 Å². The number of para-hydroxylation sites is 1. The highest BCUT2D eigenvalue weighted by molar-refractivity contribution is 5.97. The van der Waals surface area contributed by atoms with E-state index in [2.05, 4.69) is 41.3 Å². The molecule has 12 heteroatoms. The number of aliphatic hydroxyl groups is 2. The fourth-order valence-electron chi connectivity index (χ4n) is 8.83. The van der Waals surface area contributed by atoms with Gasteiger partial charge in [-0.15, -0.1) is 0 Å². The molecular formula is C44H66N6O6. The van der Waals surface area contributed by atoms with E-state index in [1.807, 2.05) is 81.6 Å². The van der Waals surface area contributed by atoms with Crippen LogP contribution in [0.1, 0.15) is 76.1 Å². The molecule has 4 N–H and O–H groups in total. The first kappa shape index (κ1) is 43.3. The summed E-state index contributed by atoms with van der Waals surface area (Å²) in [6, 6.07) is 10.8. The van der Waals surface area contributed by atoms with Gasteiger partial charge in [0.2, 0.25) is 5.91 Å². The number of methoxy groups -OCH3 is 1. The number of nitrogens with zero attached hydrogens (tertiary/aromatic N) is 4. The molecule has 0 radical (unpaired) electrons. The number of benzene rings is 1. The summed E-state index contributed by atoms with van der Waals surface area (Å²) in [6.07, 6.45) is 8.45. The number of allylic oxidation sites excluding steroid dienone is 2. The molecule has 12 nitrogen and oxygen atoms in total. The minimum absolute atomic E-state index is 0.0165. The second kappa shape index (κ2) is 19.6. The summed E-state index contributed by atoms with van der Waals surface area (Å²) >= 11 is 0. The van der Waals surface area contributed by atoms with Gasteiger partial charge in [0.15, 0.2) is 0 Å². The minimum atomic E-state index is -0.900. The van der Waals surface area contributed by atoms with Crippen molar-refractivity contribution in [2.24, 2.45) is 23.7 Å². The minimum Gasteiger partial charge on any atom is -0.496 e. The van der Waals surface area contributed by atoms with Gasteiger partial charge in [-0.1, -0.05) is 51.1 Å². The fourth-order valence-corrected chi connectivity index (χ4v) is 8.83. The van der Waals surface area contributed by atoms with Gasteiger partial charge in [-0.25, -0.2) is 0 Å². The molecule has 308 valence electrons. The van der Waals surface area contributed by atoms with Crippen LogP contribution < -0.4 is 15.4 Å². The predicted octanol–water partition coefficient (Wildman–Crippen LogP) is 4.29. The van der Waals surface area contributed by atoms with E-state index in [1.54, 1.807) is 25.3 Å². The summed E-state index contributed by atoms with van der Waals surface area (Å²) in [5.41, 5.74) is 4.19. The van der Waals surface area contributed by atoms with Gasteiger partial charge in [-0.2, -0.15) is 5.06 Å². The number of carbonyl (C=O) groups is 2. The number of aromatic nitrogens is 1. The first-order valence-electron chi connectivity index (χ1n) is 20.3. The molecule has 2 fully saturated rings. The Morgan fingerprint density at radius 2 is 1.86 bits per heavy atom. The number of aliphatic hydroxyl groups excluding tert-OH is 2. The van der Waals surface area contributed by atoms with Crippen LogP contribution >= 0.6 is 0 Å². The van der Waals surface area contributed by atoms with E-state index in [1.165, 1.54) is 0 Å². The third-order valence-corrected chi connectivity index (χ3v) is 12.0. The van der Waals surface area contributed by atoms with Crippen LogP contribution in [0.5, 0.6) is 5.75 Å². The molecule has 3 aliphatic rings. The lowest BCUT2D eigenvalue weighted by Gasteiger charge is -2.38. The Hall–Kier alpha value is -3.81. The Morgan fingerprint density at radius 1 is 1.09 bits per heavy atom. The standard InChI is InChI=1S/C44H66N6O6/c1-27(2)30-17-16-28(3)38(22-30)47-44(54)41-40(29(4)52)39(26-51)56-50(41)24-31-13-12-15-37(42(31)55-9)32-19-33(21-36(20-32)49(7)8)43(53)46-35(25-48(5)6)23-34-14-10-11-18-45-34/h10-15,18-19,21,27-30,32,35,38-41,51-52H,16-17,20,22-26H2,1-9H3,(H,46,53)(H,47,54)/t28-,29-,30+,32?,35-,38-,39-,40+,41-/m0/s1. The van der Waals surface area contributed by atoms with Crippen LogP contribution in [0, 0.1) is 23.7 Å². The van der Waals surface area contributed by atoms with E-state index < -0.39 is 24.2 Å². The normalized spacial score (nSPS) is 26.7. The van der Waals surface area contributed by atoms with Crippen molar-refractivity contribution >= 4 is 11.8 Å². The number of ether oxygens (including phenoxy) is 1. The number of rotatable bonds is 16. The monoisotopic (exact) mass is 775 g/mol. The molecule has 1 aromatic carbocycles. The van der Waals surface area contributed by atoms with Crippen LogP contribution in [0.15, 0.2) is 66.0 Å². The molecule has 9 atom stereocenters. The summed E-state index contributed by atoms with van der Waals surface area (Å²) in [5, 5.41) is 29.6. The molecule has 0 bridgehead atoms. The number of likely N-dealkylation sites (N-methyl/N-ethyl adjacent to an activating group) is 1. The average molecular weight is 775 g/mol. The zero-order chi connectivity index (χ0) is 40.7. The third-order valence-electron chi connectivity index (χ3n) is 12.0. The number of hydroxylamine groups is 2. The number of pyridine rings is 1. The zero-order valence-corrected chi connectivity index (χ0v) is 34.9. The maximum absolute atomic E-state index is 14.3. The van der Waals surface area contributed by atoms with Gasteiger partial charge in [-0.3, -0.25) is 19.4 Å². The third kappa shape index (κ3) is 10.6. The van der Waals surface area contributed by atoms with E-state index in [0.717, 1.165) is 41.8 Å². The second-order valence-corrected chi connectivity index (χ2v) is 17.0. The molecule has 5 rings (SSSR count). The van der Waals surface area contributed by atoms with E-state index in [0.29, 0.717) is 48.5 Å². The van der Waals surface area contributed by atoms with Gasteiger partial charge in [-0.05, 0) is 82.7 Å². The van der Waals surface area contributed by atoms with Gasteiger partial charge >= 0.3 is 0 Å². The zero-order valence-electron chi connectivity index (χ0n) is 34.9. The first-order valence-corrected chi connectivity index (χ1v) is 20.3. The average Bonchev–Trinajstić information content (AvgIpc) is 3.54. The smallest absolute Gasteiger partial charge is 0.251 e. The van der Waals surface area contributed by atoms with Crippen LogP contribution in [0.25, 0.3) is 0 Å². The lowest BCUT2D eigenvalue weighted by Crippen LogP contribution is -2.53. The maximum Gasteiger partial charge on any atom is 0.251 e. The molecule has 56 heavy (non-hydrogen) atoms. The molecule has 1 aliphatic heterocycles. The SMILES string of the molecule is COc1c(CN2O[C@@H](CO)[C@@H]([C@H](C)O)[C@H]2C(=O)N[C@H]2C[C@H](C(C)C)CC[C@@H]2C)cccc1C1C=C(C(=O)N[C@@H](Cc2ccccn2)CN(C)C)C=C(N(C)C)C1. The number of nitrogens with one attached hydrogen (secondary N) is 2. The topological polar surface area (TPSA) is 140 Å². The molecule has 2 aliphatic carbocycles. The molecule has 1 unspecified atom stereocenters. The highest BCUT2D eigenvalue weighted by Crippen LogP contribution is 2.41. The number of hydrogen-bond acceptors (Lipinski definition) is 10. The van der Waals surface area contributed by atoms with Crippen molar-refractivity contribution in [2.75, 3.05) is 48.5 Å². The first-order chi connectivity index (χ1) is 26.7. The van der Waals surface area contributed by atoms with E-state index in [4.69, 9.17) is 9.57 Å². The van der Waals surface area contributed by atoms with Crippen LogP contribution in [0.4, 0.5) is 0 Å². The van der Waals surface area contributed by atoms with Gasteiger partial charge in [0.1, 0.15) is 17.9 Å². The predicted molar refractivity (Wildman–Crippen MR) is 218 cm³/mol. The van der Waals surface area contributed by atoms with Crippen LogP contribution in [0.3, 0.4) is 0 Å². The van der Waals surface area contributed by atoms with Crippen molar-refractivity contribution in [3.8, 4) is 5.75 Å². The van der Waals surface area contributed by atoms with Crippen molar-refractivity contribution in [1.29, 1.82) is 0 Å². The fraction of sp³-hybridized carbons (Fsp3) is 0.614. The summed E-state index contributed by atoms with van der Waals surface area (Å²) in [6.45, 7) is 8.83. The molecule has 1 saturated heterocycles. The molecule has 0 spiro atoms. The largest absolute Gasteiger partial charge is 0.496 e. The Bertz CT molecular complexity index is 1680. The molecule has 1 saturated carbocycles. The van der Waals surface area contributed by atoms with Gasteiger partial charge in [0.05, 0.1) is 26.4 Å². The molecule has 2 heterocycles. The molecule has 2 amide bonds. The highest BCUT2D eigenvalue weighted by atomic mass is 16.7. The molecule has 1 aromatic heterocycles. The van der Waals surface area contributed by atoms with E-state index >= 15 is 0 Å². The van der Waals surface area contributed by atoms with Crippen molar-refractivity contribution in [1.82, 2.24) is 30.5 Å². The van der Waals surface area contributed by atoms with Crippen molar-refractivity contribution in [3.05, 3.63) is 82.8 Å². The van der Waals surface area contributed by atoms with Gasteiger partial charge < -0.3 is 35.4 Å². The lowest BCUT2D eigenvalue weighted by atomic mass is 9.74. The van der Waals surface area contributed by atoms with Gasteiger partial charge in [0.25, 0.3) is 5.91 Å². The summed E-state index contributed by atoms with van der Waals surface area (Å²) in [7, 11) is 9.58. The number of amides is 2. The summed E-state index contributed by atoms with van der Waals surface area (Å²) in [4.78, 5) is 43.2. The number of carbonyl (C=O) groups excluding carboxylic acids is 2. The van der Waals surface area contributed by atoms with Gasteiger partial charge in [0, 0.05) is 85.3 Å². The Morgan fingerprint density at radius 3 is 2.48 bits per heavy atom. The van der Waals surface area contributed by atoms with E-state index in [9.17, 15) is 19.8 Å². The molecule has 2 aromatic rings. The van der Waals surface area contributed by atoms with Crippen LogP contribution in [0.2, 0.25) is 0 Å². The van der Waals surface area contributed by atoms with Crippen molar-refractivity contribution in [3.63, 3.8) is 0 Å². The van der Waals surface area contributed by atoms with Crippen LogP contribution in [-0.2, 0) is 27.4 Å². The molecular weight excluding hydrogens is 709 g/mol.